The Morgan fingerprint density at radius 1 is 1.19 bits per heavy atom. The Kier molecular flexibility index (Phi) is 6.95. The van der Waals surface area contributed by atoms with Gasteiger partial charge in [-0.15, -0.1) is 0 Å². The standard InChI is InChI=1S/C15H18.CH4/c1-4-6-7-8-13(3)15-11-9-14(5-2)10-12-15;/h4,6-12H,1,5H2,2-3H3;1H4/b7-6-,13-8+;. The summed E-state index contributed by atoms with van der Waals surface area (Å²) in [5.74, 6) is 0. The summed E-state index contributed by atoms with van der Waals surface area (Å²) in [6.07, 6.45) is 8.92. The van der Waals surface area contributed by atoms with Crippen LogP contribution in [-0.4, -0.2) is 0 Å². The van der Waals surface area contributed by atoms with Crippen LogP contribution in [0.5, 0.6) is 0 Å². The quantitative estimate of drug-likeness (QED) is 0.617. The van der Waals surface area contributed by atoms with E-state index >= 15 is 0 Å². The Hall–Kier alpha value is -1.56. The summed E-state index contributed by atoms with van der Waals surface area (Å²) in [6, 6.07) is 8.71. The first-order valence-corrected chi connectivity index (χ1v) is 5.33. The van der Waals surface area contributed by atoms with Gasteiger partial charge in [0.15, 0.2) is 0 Å². The average molecular weight is 214 g/mol. The number of hydrogen-bond acceptors (Lipinski definition) is 0. The number of aryl methyl sites for hydroxylation is 1. The smallest absolute Gasteiger partial charge is 0.0227 e. The third-order valence-corrected chi connectivity index (χ3v) is 2.41. The van der Waals surface area contributed by atoms with Crippen LogP contribution in [0.15, 0.2) is 55.1 Å². The van der Waals surface area contributed by atoms with Crippen molar-refractivity contribution in [1.82, 2.24) is 0 Å². The van der Waals surface area contributed by atoms with Crippen LogP contribution < -0.4 is 0 Å². The second-order valence-corrected chi connectivity index (χ2v) is 3.52. The van der Waals surface area contributed by atoms with Gasteiger partial charge < -0.3 is 0 Å². The molecule has 0 radical (unpaired) electrons. The normalized spacial score (nSPS) is 11.2. The highest BCUT2D eigenvalue weighted by Crippen LogP contribution is 2.14. The van der Waals surface area contributed by atoms with Gasteiger partial charge in [-0.1, -0.05) is 69.5 Å². The number of rotatable bonds is 4. The Bertz CT molecular complexity index is 364. The van der Waals surface area contributed by atoms with Crippen molar-refractivity contribution < 1.29 is 0 Å². The van der Waals surface area contributed by atoms with Crippen LogP contribution in [0.4, 0.5) is 0 Å². The SMILES string of the molecule is C.C=C/C=C\C=C(/C)c1ccc(CC)cc1. The van der Waals surface area contributed by atoms with Gasteiger partial charge in [-0.3, -0.25) is 0 Å². The predicted octanol–water partition coefficient (Wildman–Crippen LogP) is 5.03. The Balaban J connectivity index is 0.00000225. The van der Waals surface area contributed by atoms with E-state index in [4.69, 9.17) is 0 Å². The molecule has 0 heterocycles. The molecule has 0 bridgehead atoms. The fourth-order valence-electron chi connectivity index (χ4n) is 1.38. The van der Waals surface area contributed by atoms with Crippen molar-refractivity contribution in [3.63, 3.8) is 0 Å². The Morgan fingerprint density at radius 2 is 1.81 bits per heavy atom. The zero-order valence-electron chi connectivity index (χ0n) is 9.53. The topological polar surface area (TPSA) is 0 Å². The third kappa shape index (κ3) is 4.31. The van der Waals surface area contributed by atoms with Gasteiger partial charge in [0.05, 0.1) is 0 Å². The van der Waals surface area contributed by atoms with Gasteiger partial charge in [0.1, 0.15) is 0 Å². The summed E-state index contributed by atoms with van der Waals surface area (Å²) in [7, 11) is 0. The first kappa shape index (κ1) is 14.4. The molecule has 0 aliphatic heterocycles. The maximum absolute atomic E-state index is 3.64. The van der Waals surface area contributed by atoms with Gasteiger partial charge in [0, 0.05) is 0 Å². The minimum Gasteiger partial charge on any atom is -0.0991 e. The molecule has 1 aromatic rings. The van der Waals surface area contributed by atoms with Crippen molar-refractivity contribution in [2.45, 2.75) is 27.7 Å². The van der Waals surface area contributed by atoms with Crippen molar-refractivity contribution in [3.8, 4) is 0 Å². The summed E-state index contributed by atoms with van der Waals surface area (Å²) in [5, 5.41) is 0. The van der Waals surface area contributed by atoms with E-state index in [1.807, 2.05) is 12.2 Å². The first-order valence-electron chi connectivity index (χ1n) is 5.33. The van der Waals surface area contributed by atoms with E-state index in [2.05, 4.69) is 50.8 Å². The van der Waals surface area contributed by atoms with Gasteiger partial charge >= 0.3 is 0 Å². The molecule has 0 unspecified atom stereocenters. The van der Waals surface area contributed by atoms with Gasteiger partial charge in [-0.05, 0) is 30.0 Å². The fourth-order valence-corrected chi connectivity index (χ4v) is 1.38. The van der Waals surface area contributed by atoms with Crippen LogP contribution in [0.1, 0.15) is 32.4 Å². The van der Waals surface area contributed by atoms with Crippen LogP contribution in [0, 0.1) is 0 Å². The van der Waals surface area contributed by atoms with Gasteiger partial charge in [-0.25, -0.2) is 0 Å². The second kappa shape index (κ2) is 7.70. The zero-order chi connectivity index (χ0) is 11.1. The summed E-state index contributed by atoms with van der Waals surface area (Å²) in [6.45, 7) is 7.93. The molecule has 0 aliphatic carbocycles. The zero-order valence-corrected chi connectivity index (χ0v) is 9.53. The summed E-state index contributed by atoms with van der Waals surface area (Å²) >= 11 is 0. The predicted molar refractivity (Wildman–Crippen MR) is 75.5 cm³/mol. The molecule has 86 valence electrons. The molecule has 0 amide bonds. The highest BCUT2D eigenvalue weighted by Gasteiger charge is 1.94. The molecule has 1 rings (SSSR count). The molecule has 16 heavy (non-hydrogen) atoms. The second-order valence-electron chi connectivity index (χ2n) is 3.52. The lowest BCUT2D eigenvalue weighted by Crippen LogP contribution is -1.82. The highest BCUT2D eigenvalue weighted by atomic mass is 14.0. The molecular formula is C16H22. The number of hydrogen-bond donors (Lipinski definition) is 0. The van der Waals surface area contributed by atoms with E-state index in [1.165, 1.54) is 16.7 Å². The molecule has 0 saturated heterocycles. The molecule has 0 aliphatic rings. The minimum absolute atomic E-state index is 0. The summed E-state index contributed by atoms with van der Waals surface area (Å²) in [4.78, 5) is 0. The van der Waals surface area contributed by atoms with Crippen LogP contribution in [-0.2, 0) is 6.42 Å². The molecule has 0 heteroatoms. The lowest BCUT2D eigenvalue weighted by Gasteiger charge is -2.01. The van der Waals surface area contributed by atoms with Crippen molar-refractivity contribution in [3.05, 3.63) is 66.3 Å². The van der Waals surface area contributed by atoms with E-state index in [9.17, 15) is 0 Å². The van der Waals surface area contributed by atoms with E-state index < -0.39 is 0 Å². The van der Waals surface area contributed by atoms with Gasteiger partial charge in [-0.2, -0.15) is 0 Å². The maximum Gasteiger partial charge on any atom is -0.0227 e. The molecule has 0 spiro atoms. The monoisotopic (exact) mass is 214 g/mol. The van der Waals surface area contributed by atoms with Crippen LogP contribution in [0.3, 0.4) is 0 Å². The molecule has 0 fully saturated rings. The molecule has 1 aromatic carbocycles. The molecule has 0 nitrogen and oxygen atoms in total. The van der Waals surface area contributed by atoms with Gasteiger partial charge in [0.25, 0.3) is 0 Å². The molecular weight excluding hydrogens is 192 g/mol. The minimum atomic E-state index is 0. The molecule has 0 saturated carbocycles. The lowest BCUT2D eigenvalue weighted by molar-refractivity contribution is 1.14. The van der Waals surface area contributed by atoms with E-state index in [-0.39, 0.29) is 7.43 Å². The van der Waals surface area contributed by atoms with Crippen molar-refractivity contribution in [2.24, 2.45) is 0 Å². The largest absolute Gasteiger partial charge is 0.0991 e. The molecule has 0 N–H and O–H groups in total. The summed E-state index contributed by atoms with van der Waals surface area (Å²) in [5.41, 5.74) is 3.94. The van der Waals surface area contributed by atoms with Crippen molar-refractivity contribution >= 4 is 5.57 Å². The van der Waals surface area contributed by atoms with Crippen LogP contribution >= 0.6 is 0 Å². The van der Waals surface area contributed by atoms with Crippen LogP contribution in [0.2, 0.25) is 0 Å². The first-order chi connectivity index (χ1) is 7.27. The number of allylic oxidation sites excluding steroid dienone is 5. The van der Waals surface area contributed by atoms with Crippen molar-refractivity contribution in [2.75, 3.05) is 0 Å². The summed E-state index contributed by atoms with van der Waals surface area (Å²) < 4.78 is 0. The fraction of sp³-hybridized carbons (Fsp3) is 0.250. The van der Waals surface area contributed by atoms with Crippen molar-refractivity contribution in [1.29, 1.82) is 0 Å². The molecule has 0 aromatic heterocycles. The highest BCUT2D eigenvalue weighted by molar-refractivity contribution is 5.65. The average Bonchev–Trinajstić information content (AvgIpc) is 2.29. The third-order valence-electron chi connectivity index (χ3n) is 2.41. The van der Waals surface area contributed by atoms with E-state index in [1.54, 1.807) is 6.08 Å². The maximum atomic E-state index is 3.64. The van der Waals surface area contributed by atoms with Gasteiger partial charge in [0.2, 0.25) is 0 Å². The number of benzene rings is 1. The lowest BCUT2D eigenvalue weighted by atomic mass is 10.0. The van der Waals surface area contributed by atoms with E-state index in [0.717, 1.165) is 6.42 Å². The Morgan fingerprint density at radius 3 is 2.31 bits per heavy atom. The Labute approximate surface area is 100 Å². The molecule has 0 atom stereocenters. The van der Waals surface area contributed by atoms with Crippen LogP contribution in [0.25, 0.3) is 5.57 Å². The van der Waals surface area contributed by atoms with E-state index in [0.29, 0.717) is 0 Å².